The van der Waals surface area contributed by atoms with Gasteiger partial charge in [0.2, 0.25) is 0 Å². The molecule has 0 bridgehead atoms. The van der Waals surface area contributed by atoms with E-state index in [1.807, 2.05) is 0 Å². The molecule has 2 heteroatoms. The van der Waals surface area contributed by atoms with E-state index in [0.717, 1.165) is 19.0 Å². The lowest BCUT2D eigenvalue weighted by Gasteiger charge is -2.47. The lowest BCUT2D eigenvalue weighted by Crippen LogP contribution is -2.63. The second-order valence-corrected chi connectivity index (χ2v) is 5.66. The third-order valence-corrected chi connectivity index (χ3v) is 3.96. The van der Waals surface area contributed by atoms with Crippen LogP contribution in [0.15, 0.2) is 12.2 Å². The molecule has 1 N–H and O–H groups in total. The van der Waals surface area contributed by atoms with Crippen molar-refractivity contribution < 1.29 is 0 Å². The second-order valence-electron chi connectivity index (χ2n) is 5.66. The van der Waals surface area contributed by atoms with Gasteiger partial charge in [0.05, 0.1) is 0 Å². The van der Waals surface area contributed by atoms with Crippen molar-refractivity contribution >= 4 is 0 Å². The third kappa shape index (κ3) is 3.33. The Bertz CT molecular complexity index is 233. The van der Waals surface area contributed by atoms with Gasteiger partial charge in [0.15, 0.2) is 0 Å². The average molecular weight is 224 g/mol. The third-order valence-electron chi connectivity index (χ3n) is 3.96. The summed E-state index contributed by atoms with van der Waals surface area (Å²) >= 11 is 0. The van der Waals surface area contributed by atoms with Crippen molar-refractivity contribution in [2.75, 3.05) is 19.6 Å². The van der Waals surface area contributed by atoms with Gasteiger partial charge < -0.3 is 5.32 Å². The van der Waals surface area contributed by atoms with Crippen molar-refractivity contribution in [1.29, 1.82) is 0 Å². The van der Waals surface area contributed by atoms with E-state index in [0.29, 0.717) is 6.04 Å². The van der Waals surface area contributed by atoms with Crippen LogP contribution in [0.4, 0.5) is 0 Å². The Kier molecular flexibility index (Phi) is 5.00. The fourth-order valence-electron chi connectivity index (χ4n) is 2.26. The predicted octanol–water partition coefficient (Wildman–Crippen LogP) is 2.66. The number of nitrogens with one attached hydrogen (secondary N) is 1. The first-order valence-corrected chi connectivity index (χ1v) is 6.61. The largest absolute Gasteiger partial charge is 0.311 e. The molecule has 2 nitrogen and oxygen atoms in total. The summed E-state index contributed by atoms with van der Waals surface area (Å²) in [5.41, 5.74) is 0.281. The van der Waals surface area contributed by atoms with Gasteiger partial charge in [-0.05, 0) is 26.7 Å². The Labute approximate surface area is 101 Å². The quantitative estimate of drug-likeness (QED) is 0.739. The van der Waals surface area contributed by atoms with Crippen molar-refractivity contribution in [2.24, 2.45) is 5.92 Å². The molecule has 0 aliphatic carbocycles. The van der Waals surface area contributed by atoms with Gasteiger partial charge in [-0.2, -0.15) is 0 Å². The monoisotopic (exact) mass is 224 g/mol. The van der Waals surface area contributed by atoms with Crippen LogP contribution in [0.2, 0.25) is 0 Å². The molecular weight excluding hydrogens is 196 g/mol. The average Bonchev–Trinajstić information content (AvgIpc) is 2.26. The van der Waals surface area contributed by atoms with E-state index in [4.69, 9.17) is 0 Å². The topological polar surface area (TPSA) is 15.3 Å². The Morgan fingerprint density at radius 2 is 2.19 bits per heavy atom. The van der Waals surface area contributed by atoms with Crippen LogP contribution in [-0.2, 0) is 0 Å². The maximum Gasteiger partial charge on any atom is 0.0281 e. The zero-order valence-corrected chi connectivity index (χ0v) is 11.6. The highest BCUT2D eigenvalue weighted by molar-refractivity contribution is 4.97. The Balaban J connectivity index is 2.62. The summed E-state index contributed by atoms with van der Waals surface area (Å²) < 4.78 is 0. The second kappa shape index (κ2) is 5.83. The molecule has 0 saturated carbocycles. The molecule has 1 rings (SSSR count). The van der Waals surface area contributed by atoms with E-state index in [1.165, 1.54) is 13.0 Å². The normalized spacial score (nSPS) is 28.4. The van der Waals surface area contributed by atoms with Gasteiger partial charge in [-0.3, -0.25) is 4.90 Å². The molecule has 16 heavy (non-hydrogen) atoms. The first-order chi connectivity index (χ1) is 7.51. The molecule has 1 aliphatic heterocycles. The van der Waals surface area contributed by atoms with Crippen molar-refractivity contribution in [3.63, 3.8) is 0 Å². The van der Waals surface area contributed by atoms with E-state index in [1.54, 1.807) is 0 Å². The zero-order valence-electron chi connectivity index (χ0n) is 11.6. The molecule has 0 aromatic rings. The molecule has 1 aliphatic rings. The summed E-state index contributed by atoms with van der Waals surface area (Å²) in [6, 6.07) is 0.656. The number of hydrogen-bond donors (Lipinski definition) is 1. The van der Waals surface area contributed by atoms with E-state index in [-0.39, 0.29) is 5.54 Å². The SMILES string of the molecule is C/C=C/CN1CC(C(C)CC)NCC1(C)C. The van der Waals surface area contributed by atoms with Crippen LogP contribution in [-0.4, -0.2) is 36.1 Å². The van der Waals surface area contributed by atoms with Gasteiger partial charge >= 0.3 is 0 Å². The predicted molar refractivity (Wildman–Crippen MR) is 71.7 cm³/mol. The van der Waals surface area contributed by atoms with Crippen molar-refractivity contribution in [1.82, 2.24) is 10.2 Å². The van der Waals surface area contributed by atoms with Crippen molar-refractivity contribution in [2.45, 2.75) is 52.6 Å². The van der Waals surface area contributed by atoms with Gasteiger partial charge in [0.1, 0.15) is 0 Å². The van der Waals surface area contributed by atoms with E-state index >= 15 is 0 Å². The smallest absolute Gasteiger partial charge is 0.0281 e. The number of piperazine rings is 1. The molecule has 0 radical (unpaired) electrons. The van der Waals surface area contributed by atoms with Crippen LogP contribution in [0.25, 0.3) is 0 Å². The van der Waals surface area contributed by atoms with Crippen LogP contribution < -0.4 is 5.32 Å². The first kappa shape index (κ1) is 13.7. The van der Waals surface area contributed by atoms with E-state index < -0.39 is 0 Å². The molecule has 0 amide bonds. The molecular formula is C14H28N2. The molecule has 1 heterocycles. The molecule has 1 fully saturated rings. The highest BCUT2D eigenvalue weighted by Gasteiger charge is 2.34. The van der Waals surface area contributed by atoms with Gasteiger partial charge in [-0.1, -0.05) is 32.4 Å². The van der Waals surface area contributed by atoms with Gasteiger partial charge in [-0.25, -0.2) is 0 Å². The van der Waals surface area contributed by atoms with Crippen LogP contribution in [0, 0.1) is 5.92 Å². The minimum absolute atomic E-state index is 0.281. The molecule has 94 valence electrons. The van der Waals surface area contributed by atoms with Crippen molar-refractivity contribution in [3.05, 3.63) is 12.2 Å². The van der Waals surface area contributed by atoms with Crippen LogP contribution in [0.1, 0.15) is 41.0 Å². The standard InChI is InChI=1S/C14H28N2/c1-6-8-9-16-10-13(12(3)7-2)15-11-14(16,4)5/h6,8,12-13,15H,7,9-11H2,1-5H3/b8-6+. The van der Waals surface area contributed by atoms with Gasteiger partial charge in [0.25, 0.3) is 0 Å². The fourth-order valence-corrected chi connectivity index (χ4v) is 2.26. The summed E-state index contributed by atoms with van der Waals surface area (Å²) in [5.74, 6) is 0.768. The maximum absolute atomic E-state index is 3.70. The molecule has 2 unspecified atom stereocenters. The highest BCUT2D eigenvalue weighted by Crippen LogP contribution is 2.22. The lowest BCUT2D eigenvalue weighted by atomic mass is 9.91. The maximum atomic E-state index is 3.70. The number of nitrogens with zero attached hydrogens (tertiary/aromatic N) is 1. The molecule has 1 saturated heterocycles. The zero-order chi connectivity index (χ0) is 12.2. The molecule has 0 aromatic carbocycles. The van der Waals surface area contributed by atoms with Crippen LogP contribution in [0.3, 0.4) is 0 Å². The molecule has 0 spiro atoms. The van der Waals surface area contributed by atoms with Gasteiger partial charge in [0, 0.05) is 31.2 Å². The van der Waals surface area contributed by atoms with Crippen LogP contribution in [0.5, 0.6) is 0 Å². The van der Waals surface area contributed by atoms with E-state index in [9.17, 15) is 0 Å². The summed E-state index contributed by atoms with van der Waals surface area (Å²) in [4.78, 5) is 2.60. The summed E-state index contributed by atoms with van der Waals surface area (Å²) in [6.45, 7) is 14.7. The summed E-state index contributed by atoms with van der Waals surface area (Å²) in [6.07, 6.45) is 5.67. The first-order valence-electron chi connectivity index (χ1n) is 6.61. The number of allylic oxidation sites excluding steroid dienone is 1. The minimum Gasteiger partial charge on any atom is -0.311 e. The number of rotatable bonds is 4. The Morgan fingerprint density at radius 3 is 2.75 bits per heavy atom. The van der Waals surface area contributed by atoms with Gasteiger partial charge in [-0.15, -0.1) is 0 Å². The minimum atomic E-state index is 0.281. The summed E-state index contributed by atoms with van der Waals surface area (Å²) in [7, 11) is 0. The molecule has 2 atom stereocenters. The molecule has 0 aromatic heterocycles. The Hall–Kier alpha value is -0.340. The van der Waals surface area contributed by atoms with E-state index in [2.05, 4.69) is 57.0 Å². The van der Waals surface area contributed by atoms with Crippen LogP contribution >= 0.6 is 0 Å². The Morgan fingerprint density at radius 1 is 1.50 bits per heavy atom. The fraction of sp³-hybridized carbons (Fsp3) is 0.857. The number of hydrogen-bond acceptors (Lipinski definition) is 2. The summed E-state index contributed by atoms with van der Waals surface area (Å²) in [5, 5.41) is 3.70. The lowest BCUT2D eigenvalue weighted by molar-refractivity contribution is 0.0631. The van der Waals surface area contributed by atoms with Crippen molar-refractivity contribution in [3.8, 4) is 0 Å². The highest BCUT2D eigenvalue weighted by atomic mass is 15.3.